The van der Waals surface area contributed by atoms with Gasteiger partial charge >= 0.3 is 0 Å². The Kier molecular flexibility index (Phi) is 5.36. The van der Waals surface area contributed by atoms with E-state index in [0.717, 1.165) is 24.6 Å². The number of hydrogen-bond acceptors (Lipinski definition) is 4. The third-order valence-electron chi connectivity index (χ3n) is 2.07. The van der Waals surface area contributed by atoms with Gasteiger partial charge in [-0.25, -0.2) is 4.98 Å². The van der Waals surface area contributed by atoms with Crippen LogP contribution >= 0.6 is 11.6 Å². The van der Waals surface area contributed by atoms with Gasteiger partial charge in [0.2, 0.25) is 0 Å². The summed E-state index contributed by atoms with van der Waals surface area (Å²) in [6.45, 7) is 4.14. The van der Waals surface area contributed by atoms with Gasteiger partial charge in [0.25, 0.3) is 0 Å². The number of nitrogens with zero attached hydrogens (tertiary/aromatic N) is 3. The van der Waals surface area contributed by atoms with E-state index >= 15 is 0 Å². The molecule has 0 aliphatic rings. The Hall–Kier alpha value is -0.870. The van der Waals surface area contributed by atoms with Crippen LogP contribution in [0, 0.1) is 6.92 Å². The van der Waals surface area contributed by atoms with Crippen molar-refractivity contribution < 1.29 is 4.74 Å². The highest BCUT2D eigenvalue weighted by Crippen LogP contribution is 2.13. The summed E-state index contributed by atoms with van der Waals surface area (Å²) < 4.78 is 5.05. The molecule has 0 aliphatic heterocycles. The number of aromatic nitrogens is 2. The van der Waals surface area contributed by atoms with Gasteiger partial charge in [-0.2, -0.15) is 0 Å². The minimum absolute atomic E-state index is 0.569. The van der Waals surface area contributed by atoms with Crippen LogP contribution in [-0.4, -0.2) is 42.7 Å². The Labute approximate surface area is 95.2 Å². The SMILES string of the molecule is COCCN(CCCl)c1nccnc1C. The number of ether oxygens (including phenoxy) is 1. The highest BCUT2D eigenvalue weighted by molar-refractivity contribution is 6.18. The molecule has 15 heavy (non-hydrogen) atoms. The van der Waals surface area contributed by atoms with Crippen LogP contribution in [0.5, 0.6) is 0 Å². The standard InChI is InChI=1S/C10H16ClN3O/c1-9-10(13-5-4-12-9)14(6-3-11)7-8-15-2/h4-5H,3,6-8H2,1-2H3. The minimum Gasteiger partial charge on any atom is -0.383 e. The van der Waals surface area contributed by atoms with Crippen LogP contribution in [0.1, 0.15) is 5.69 Å². The Morgan fingerprint density at radius 2 is 2.07 bits per heavy atom. The van der Waals surface area contributed by atoms with Crippen molar-refractivity contribution in [2.24, 2.45) is 0 Å². The van der Waals surface area contributed by atoms with Crippen LogP contribution < -0.4 is 4.90 Å². The van der Waals surface area contributed by atoms with Gasteiger partial charge in [0.1, 0.15) is 5.82 Å². The van der Waals surface area contributed by atoms with Gasteiger partial charge in [0.05, 0.1) is 12.3 Å². The van der Waals surface area contributed by atoms with Crippen molar-refractivity contribution in [1.82, 2.24) is 9.97 Å². The molecule has 1 aromatic heterocycles. The molecule has 4 nitrogen and oxygen atoms in total. The van der Waals surface area contributed by atoms with Crippen LogP contribution in [0.3, 0.4) is 0 Å². The van der Waals surface area contributed by atoms with E-state index in [1.165, 1.54) is 0 Å². The Balaban J connectivity index is 2.74. The summed E-state index contributed by atoms with van der Waals surface area (Å²) >= 11 is 5.75. The third kappa shape index (κ3) is 3.64. The molecule has 1 aromatic rings. The molecule has 1 rings (SSSR count). The number of halogens is 1. The zero-order chi connectivity index (χ0) is 11.1. The predicted octanol–water partition coefficient (Wildman–Crippen LogP) is 1.48. The molecule has 5 heteroatoms. The molecule has 0 spiro atoms. The smallest absolute Gasteiger partial charge is 0.150 e. The zero-order valence-electron chi connectivity index (χ0n) is 9.11. The molecular formula is C10H16ClN3O. The van der Waals surface area contributed by atoms with Crippen molar-refractivity contribution >= 4 is 17.4 Å². The topological polar surface area (TPSA) is 38.2 Å². The maximum Gasteiger partial charge on any atom is 0.150 e. The van der Waals surface area contributed by atoms with Crippen molar-refractivity contribution in [2.75, 3.05) is 37.6 Å². The molecular weight excluding hydrogens is 214 g/mol. The van der Waals surface area contributed by atoms with Gasteiger partial charge in [-0.3, -0.25) is 4.98 Å². The summed E-state index contributed by atoms with van der Waals surface area (Å²) in [5, 5.41) is 0. The first-order valence-electron chi connectivity index (χ1n) is 4.87. The van der Waals surface area contributed by atoms with E-state index in [9.17, 15) is 0 Å². The molecule has 0 fully saturated rings. The van der Waals surface area contributed by atoms with E-state index in [1.807, 2.05) is 6.92 Å². The van der Waals surface area contributed by atoms with E-state index in [2.05, 4.69) is 14.9 Å². The number of alkyl halides is 1. The lowest BCUT2D eigenvalue weighted by molar-refractivity contribution is 0.205. The number of anilines is 1. The molecule has 0 aliphatic carbocycles. The summed E-state index contributed by atoms with van der Waals surface area (Å²) in [6, 6.07) is 0. The average molecular weight is 230 g/mol. The van der Waals surface area contributed by atoms with Gasteiger partial charge in [0, 0.05) is 38.5 Å². The van der Waals surface area contributed by atoms with Crippen LogP contribution in [0.15, 0.2) is 12.4 Å². The Morgan fingerprint density at radius 1 is 1.33 bits per heavy atom. The van der Waals surface area contributed by atoms with E-state index in [1.54, 1.807) is 19.5 Å². The van der Waals surface area contributed by atoms with Gasteiger partial charge in [-0.1, -0.05) is 0 Å². The second kappa shape index (κ2) is 6.58. The summed E-state index contributed by atoms with van der Waals surface area (Å²) in [5.41, 5.74) is 0.915. The summed E-state index contributed by atoms with van der Waals surface area (Å²) in [4.78, 5) is 10.6. The molecule has 0 aromatic carbocycles. The van der Waals surface area contributed by atoms with Crippen molar-refractivity contribution in [2.45, 2.75) is 6.92 Å². The van der Waals surface area contributed by atoms with Crippen LogP contribution in [0.2, 0.25) is 0 Å². The normalized spacial score (nSPS) is 10.3. The van der Waals surface area contributed by atoms with E-state index in [-0.39, 0.29) is 0 Å². The second-order valence-electron chi connectivity index (χ2n) is 3.13. The fraction of sp³-hybridized carbons (Fsp3) is 0.600. The maximum atomic E-state index is 5.75. The Morgan fingerprint density at radius 3 is 2.67 bits per heavy atom. The first-order valence-corrected chi connectivity index (χ1v) is 5.40. The zero-order valence-corrected chi connectivity index (χ0v) is 9.87. The molecule has 0 atom stereocenters. The molecule has 0 bridgehead atoms. The summed E-state index contributed by atoms with van der Waals surface area (Å²) in [6.07, 6.45) is 3.38. The predicted molar refractivity (Wildman–Crippen MR) is 61.6 cm³/mol. The first kappa shape index (κ1) is 12.2. The van der Waals surface area contributed by atoms with Crippen molar-refractivity contribution in [3.05, 3.63) is 18.1 Å². The van der Waals surface area contributed by atoms with E-state index in [4.69, 9.17) is 16.3 Å². The van der Waals surface area contributed by atoms with Gasteiger partial charge in [-0.15, -0.1) is 11.6 Å². The number of hydrogen-bond donors (Lipinski definition) is 0. The summed E-state index contributed by atoms with van der Waals surface area (Å²) in [5.74, 6) is 1.45. The van der Waals surface area contributed by atoms with Gasteiger partial charge in [-0.05, 0) is 6.92 Å². The van der Waals surface area contributed by atoms with E-state index < -0.39 is 0 Å². The third-order valence-corrected chi connectivity index (χ3v) is 2.24. The van der Waals surface area contributed by atoms with Gasteiger partial charge in [0.15, 0.2) is 0 Å². The highest BCUT2D eigenvalue weighted by Gasteiger charge is 2.09. The lowest BCUT2D eigenvalue weighted by atomic mass is 10.4. The van der Waals surface area contributed by atoms with E-state index in [0.29, 0.717) is 12.5 Å². The highest BCUT2D eigenvalue weighted by atomic mass is 35.5. The van der Waals surface area contributed by atoms with Crippen molar-refractivity contribution in [3.8, 4) is 0 Å². The van der Waals surface area contributed by atoms with Crippen molar-refractivity contribution in [3.63, 3.8) is 0 Å². The molecule has 0 radical (unpaired) electrons. The second-order valence-corrected chi connectivity index (χ2v) is 3.51. The molecule has 84 valence electrons. The minimum atomic E-state index is 0.569. The van der Waals surface area contributed by atoms with Crippen LogP contribution in [-0.2, 0) is 4.74 Å². The molecule has 0 saturated heterocycles. The lowest BCUT2D eigenvalue weighted by Gasteiger charge is -2.23. The lowest BCUT2D eigenvalue weighted by Crippen LogP contribution is -2.30. The average Bonchev–Trinajstić information content (AvgIpc) is 2.25. The molecule has 1 heterocycles. The van der Waals surface area contributed by atoms with Crippen LogP contribution in [0.25, 0.3) is 0 Å². The first-order chi connectivity index (χ1) is 7.29. The largest absolute Gasteiger partial charge is 0.383 e. The quantitative estimate of drug-likeness (QED) is 0.693. The van der Waals surface area contributed by atoms with Gasteiger partial charge < -0.3 is 9.64 Å². The molecule has 0 unspecified atom stereocenters. The summed E-state index contributed by atoms with van der Waals surface area (Å²) in [7, 11) is 1.68. The fourth-order valence-corrected chi connectivity index (χ4v) is 1.54. The molecule has 0 saturated carbocycles. The molecule has 0 amide bonds. The monoisotopic (exact) mass is 229 g/mol. The number of aryl methyl sites for hydroxylation is 1. The Bertz CT molecular complexity index is 296. The molecule has 0 N–H and O–H groups in total. The maximum absolute atomic E-state index is 5.75. The van der Waals surface area contributed by atoms with Crippen LogP contribution in [0.4, 0.5) is 5.82 Å². The fourth-order valence-electron chi connectivity index (χ4n) is 1.34. The van der Waals surface area contributed by atoms with Crippen molar-refractivity contribution in [1.29, 1.82) is 0 Å². The number of rotatable bonds is 6. The number of methoxy groups -OCH3 is 1.